The number of anilines is 2. The number of nitrogens with zero attached hydrogens (tertiary/aromatic N) is 4. The molecule has 35 heavy (non-hydrogen) atoms. The van der Waals surface area contributed by atoms with Gasteiger partial charge in [0.25, 0.3) is 0 Å². The summed E-state index contributed by atoms with van der Waals surface area (Å²) in [6, 6.07) is 14.4. The first-order valence-electron chi connectivity index (χ1n) is 11.8. The molecule has 0 amide bonds. The zero-order valence-electron chi connectivity index (χ0n) is 20.0. The van der Waals surface area contributed by atoms with Crippen LogP contribution in [0.25, 0.3) is 23.1 Å². The zero-order chi connectivity index (χ0) is 24.2. The smallest absolute Gasteiger partial charge is 0.148 e. The molecule has 4 heterocycles. The molecule has 0 aliphatic carbocycles. The van der Waals surface area contributed by atoms with E-state index in [4.69, 9.17) is 9.72 Å². The van der Waals surface area contributed by atoms with Crippen molar-refractivity contribution in [2.75, 3.05) is 31.6 Å². The van der Waals surface area contributed by atoms with Gasteiger partial charge in [0.1, 0.15) is 11.9 Å². The van der Waals surface area contributed by atoms with E-state index in [1.807, 2.05) is 55.7 Å². The Kier molecular flexibility index (Phi) is 6.57. The van der Waals surface area contributed by atoms with Crippen molar-refractivity contribution in [3.8, 4) is 6.07 Å². The number of H-pyrrole nitrogens is 1. The Morgan fingerprint density at radius 2 is 2.00 bits per heavy atom. The van der Waals surface area contributed by atoms with E-state index in [9.17, 15) is 5.26 Å². The summed E-state index contributed by atoms with van der Waals surface area (Å²) >= 11 is 0. The molecule has 1 aliphatic heterocycles. The number of ether oxygens (including phenoxy) is 1. The van der Waals surface area contributed by atoms with Gasteiger partial charge in [0.15, 0.2) is 0 Å². The van der Waals surface area contributed by atoms with Gasteiger partial charge in [-0.3, -0.25) is 9.88 Å². The molecule has 4 aromatic rings. The molecule has 7 nitrogen and oxygen atoms in total. The second-order valence-electron chi connectivity index (χ2n) is 8.79. The van der Waals surface area contributed by atoms with Gasteiger partial charge in [-0.25, -0.2) is 4.98 Å². The number of morpholine rings is 1. The highest BCUT2D eigenvalue weighted by Crippen LogP contribution is 2.29. The number of nitriles is 1. The highest BCUT2D eigenvalue weighted by atomic mass is 16.5. The third kappa shape index (κ3) is 5.09. The first-order chi connectivity index (χ1) is 17.1. The summed E-state index contributed by atoms with van der Waals surface area (Å²) in [6.45, 7) is 8.41. The molecule has 1 saturated heterocycles. The Balaban J connectivity index is 1.32. The summed E-state index contributed by atoms with van der Waals surface area (Å²) in [4.78, 5) is 14.9. The number of benzene rings is 1. The van der Waals surface area contributed by atoms with E-state index in [0.29, 0.717) is 11.4 Å². The second-order valence-corrected chi connectivity index (χ2v) is 8.79. The first-order valence-corrected chi connectivity index (χ1v) is 11.8. The number of pyridine rings is 2. The number of hydrogen-bond acceptors (Lipinski definition) is 6. The van der Waals surface area contributed by atoms with Gasteiger partial charge in [-0.1, -0.05) is 12.1 Å². The number of hydrogen-bond donors (Lipinski definition) is 2. The molecule has 1 aromatic carbocycles. The van der Waals surface area contributed by atoms with Gasteiger partial charge in [0, 0.05) is 54.3 Å². The Labute approximate surface area is 205 Å². The zero-order valence-corrected chi connectivity index (χ0v) is 20.0. The predicted octanol–water partition coefficient (Wildman–Crippen LogP) is 5.19. The van der Waals surface area contributed by atoms with Crippen LogP contribution in [0, 0.1) is 25.2 Å². The van der Waals surface area contributed by atoms with Crippen LogP contribution in [0.5, 0.6) is 0 Å². The van der Waals surface area contributed by atoms with Gasteiger partial charge in [0.2, 0.25) is 0 Å². The van der Waals surface area contributed by atoms with Crippen LogP contribution in [0.15, 0.2) is 48.8 Å². The van der Waals surface area contributed by atoms with Gasteiger partial charge in [-0.15, -0.1) is 0 Å². The fraction of sp³-hybridized carbons (Fsp3) is 0.250. The molecule has 0 radical (unpaired) electrons. The van der Waals surface area contributed by atoms with Crippen LogP contribution in [0.1, 0.15) is 33.6 Å². The van der Waals surface area contributed by atoms with E-state index in [1.165, 1.54) is 5.56 Å². The number of aryl methyl sites for hydroxylation is 2. The van der Waals surface area contributed by atoms with Crippen molar-refractivity contribution in [2.45, 2.75) is 20.4 Å². The maximum Gasteiger partial charge on any atom is 0.148 e. The van der Waals surface area contributed by atoms with Crippen LogP contribution in [0.3, 0.4) is 0 Å². The van der Waals surface area contributed by atoms with Gasteiger partial charge in [-0.05, 0) is 66.9 Å². The molecule has 1 aliphatic rings. The van der Waals surface area contributed by atoms with E-state index in [1.54, 1.807) is 0 Å². The number of fused-ring (bicyclic) bond motifs is 1. The van der Waals surface area contributed by atoms with Gasteiger partial charge in [-0.2, -0.15) is 5.26 Å². The third-order valence-corrected chi connectivity index (χ3v) is 6.42. The Hall–Kier alpha value is -3.99. The minimum atomic E-state index is 0.498. The largest absolute Gasteiger partial charge is 0.379 e. The van der Waals surface area contributed by atoms with E-state index in [0.717, 1.165) is 72.0 Å². The summed E-state index contributed by atoms with van der Waals surface area (Å²) in [5.41, 5.74) is 7.42. The standard InChI is InChI=1S/C28H28N6O/c1-19-25-9-10-30-27(25)8-7-26(19)33-28-23(16-29)15-22(20(2)32-28)4-6-24-5-3-21(17-31-24)18-34-11-13-35-14-12-34/h3-10,15,17,30H,11-14,18H2,1-2H3,(H,32,33). The van der Waals surface area contributed by atoms with Crippen LogP contribution in [-0.2, 0) is 11.3 Å². The molecule has 0 atom stereocenters. The number of nitrogens with one attached hydrogen (secondary N) is 2. The Bertz CT molecular complexity index is 1410. The van der Waals surface area contributed by atoms with Crippen molar-refractivity contribution < 1.29 is 4.74 Å². The summed E-state index contributed by atoms with van der Waals surface area (Å²) in [6.07, 6.45) is 7.78. The van der Waals surface area contributed by atoms with Crippen molar-refractivity contribution in [1.82, 2.24) is 19.9 Å². The third-order valence-electron chi connectivity index (χ3n) is 6.42. The van der Waals surface area contributed by atoms with Crippen molar-refractivity contribution in [3.63, 3.8) is 0 Å². The minimum Gasteiger partial charge on any atom is -0.379 e. The average molecular weight is 465 g/mol. The molecule has 2 N–H and O–H groups in total. The van der Waals surface area contributed by atoms with Gasteiger partial charge < -0.3 is 15.0 Å². The summed E-state index contributed by atoms with van der Waals surface area (Å²) < 4.78 is 5.41. The molecule has 3 aromatic heterocycles. The van der Waals surface area contributed by atoms with E-state index < -0.39 is 0 Å². The normalized spacial score (nSPS) is 14.4. The fourth-order valence-electron chi connectivity index (χ4n) is 4.34. The minimum absolute atomic E-state index is 0.498. The van der Waals surface area contributed by atoms with Crippen LogP contribution < -0.4 is 5.32 Å². The average Bonchev–Trinajstić information content (AvgIpc) is 3.37. The van der Waals surface area contributed by atoms with Gasteiger partial charge in [0.05, 0.1) is 24.5 Å². The molecule has 176 valence electrons. The topological polar surface area (TPSA) is 89.9 Å². The second kappa shape index (κ2) is 10.1. The van der Waals surface area contributed by atoms with Crippen molar-refractivity contribution in [3.05, 3.63) is 82.4 Å². The van der Waals surface area contributed by atoms with Crippen LogP contribution >= 0.6 is 0 Å². The monoisotopic (exact) mass is 464 g/mol. The van der Waals surface area contributed by atoms with Crippen LogP contribution in [0.4, 0.5) is 11.5 Å². The van der Waals surface area contributed by atoms with Crippen LogP contribution in [0.2, 0.25) is 0 Å². The van der Waals surface area contributed by atoms with Crippen molar-refractivity contribution >= 4 is 34.6 Å². The summed E-state index contributed by atoms with van der Waals surface area (Å²) in [5.74, 6) is 0.561. The molecular formula is C28H28N6O. The lowest BCUT2D eigenvalue weighted by molar-refractivity contribution is 0.0341. The lowest BCUT2D eigenvalue weighted by Gasteiger charge is -2.26. The quantitative estimate of drug-likeness (QED) is 0.408. The molecule has 1 fully saturated rings. The van der Waals surface area contributed by atoms with E-state index >= 15 is 0 Å². The summed E-state index contributed by atoms with van der Waals surface area (Å²) in [5, 5.41) is 14.3. The molecule has 7 heteroatoms. The molecule has 0 unspecified atom stereocenters. The van der Waals surface area contributed by atoms with Crippen LogP contribution in [-0.4, -0.2) is 46.2 Å². The van der Waals surface area contributed by atoms with Crippen molar-refractivity contribution in [2.24, 2.45) is 0 Å². The van der Waals surface area contributed by atoms with E-state index in [2.05, 4.69) is 45.3 Å². The Morgan fingerprint density at radius 1 is 1.14 bits per heavy atom. The number of aromatic nitrogens is 3. The molecular weight excluding hydrogens is 436 g/mol. The van der Waals surface area contributed by atoms with E-state index in [-0.39, 0.29) is 0 Å². The first kappa shape index (κ1) is 22.8. The van der Waals surface area contributed by atoms with Crippen molar-refractivity contribution in [1.29, 1.82) is 5.26 Å². The number of aromatic amines is 1. The molecule has 0 spiro atoms. The highest BCUT2D eigenvalue weighted by molar-refractivity contribution is 5.88. The molecule has 5 rings (SSSR count). The Morgan fingerprint density at radius 3 is 2.77 bits per heavy atom. The molecule has 0 saturated carbocycles. The fourth-order valence-corrected chi connectivity index (χ4v) is 4.34. The van der Waals surface area contributed by atoms with Gasteiger partial charge >= 0.3 is 0 Å². The molecule has 0 bridgehead atoms. The summed E-state index contributed by atoms with van der Waals surface area (Å²) in [7, 11) is 0. The lowest BCUT2D eigenvalue weighted by Crippen LogP contribution is -2.35. The highest BCUT2D eigenvalue weighted by Gasteiger charge is 2.12. The maximum atomic E-state index is 9.79. The SMILES string of the molecule is Cc1nc(Nc2ccc3[nH]ccc3c2C)c(C#N)cc1C=Cc1ccc(CN2CCOCC2)cn1. The maximum absolute atomic E-state index is 9.79. The lowest BCUT2D eigenvalue weighted by atomic mass is 10.1. The predicted molar refractivity (Wildman–Crippen MR) is 139 cm³/mol. The number of rotatable bonds is 6.